The third-order valence-electron chi connectivity index (χ3n) is 5.56. The molecule has 1 aliphatic rings. The van der Waals surface area contributed by atoms with Crippen molar-refractivity contribution in [3.63, 3.8) is 0 Å². The summed E-state index contributed by atoms with van der Waals surface area (Å²) in [7, 11) is 0. The number of alkyl halides is 2. The number of anilines is 2. The lowest BCUT2D eigenvalue weighted by Gasteiger charge is -2.26. The molecule has 2 aromatic carbocycles. The van der Waals surface area contributed by atoms with Crippen molar-refractivity contribution in [1.29, 1.82) is 10.8 Å². The maximum Gasteiger partial charge on any atom is 0.256 e. The number of fused-ring (bicyclic) bond motifs is 1. The van der Waals surface area contributed by atoms with Gasteiger partial charge in [-0.1, -0.05) is 24.0 Å². The number of hydrogen-bond acceptors (Lipinski definition) is 4. The van der Waals surface area contributed by atoms with Gasteiger partial charge < -0.3 is 4.90 Å². The highest BCUT2D eigenvalue weighted by Gasteiger charge is 2.35. The summed E-state index contributed by atoms with van der Waals surface area (Å²) in [5.74, 6) is 3.76. The lowest BCUT2D eigenvalue weighted by atomic mass is 10.1. The van der Waals surface area contributed by atoms with Crippen molar-refractivity contribution < 1.29 is 17.6 Å². The number of nitrogens with one attached hydrogen (secondary N) is 2. The van der Waals surface area contributed by atoms with Crippen LogP contribution in [0.3, 0.4) is 0 Å². The summed E-state index contributed by atoms with van der Waals surface area (Å²) in [5, 5.41) is 16.0. The van der Waals surface area contributed by atoms with E-state index in [-0.39, 0.29) is 39.2 Å². The van der Waals surface area contributed by atoms with Crippen molar-refractivity contribution in [2.75, 3.05) is 11.4 Å². The molecule has 5 nitrogen and oxygen atoms in total. The largest absolute Gasteiger partial charge is 0.317 e. The van der Waals surface area contributed by atoms with Crippen molar-refractivity contribution in [3.05, 3.63) is 59.2 Å². The van der Waals surface area contributed by atoms with Crippen LogP contribution in [-0.2, 0) is 0 Å². The van der Waals surface area contributed by atoms with Gasteiger partial charge in [0.05, 0.1) is 28.7 Å². The molecule has 1 aromatic heterocycles. The first kappa shape index (κ1) is 22.5. The lowest BCUT2D eigenvalue weighted by Crippen LogP contribution is -2.33. The zero-order chi connectivity index (χ0) is 23.9. The predicted molar refractivity (Wildman–Crippen MR) is 118 cm³/mol. The third-order valence-corrected chi connectivity index (χ3v) is 5.56. The van der Waals surface area contributed by atoms with Crippen LogP contribution in [0, 0.1) is 39.7 Å². The molecule has 33 heavy (non-hydrogen) atoms. The Kier molecular flexibility index (Phi) is 5.70. The van der Waals surface area contributed by atoms with Crippen LogP contribution in [0.5, 0.6) is 0 Å². The summed E-state index contributed by atoms with van der Waals surface area (Å²) in [4.78, 5) is 4.89. The molecule has 0 spiro atoms. The van der Waals surface area contributed by atoms with E-state index in [1.54, 1.807) is 0 Å². The van der Waals surface area contributed by atoms with Gasteiger partial charge in [0.25, 0.3) is 6.43 Å². The highest BCUT2D eigenvalue weighted by atomic mass is 19.3. The van der Waals surface area contributed by atoms with E-state index in [1.165, 1.54) is 37.3 Å². The van der Waals surface area contributed by atoms with Gasteiger partial charge in [-0.15, -0.1) is 0 Å². The Balaban J connectivity index is 1.97. The van der Waals surface area contributed by atoms with Crippen LogP contribution >= 0.6 is 0 Å². The highest BCUT2D eigenvalue weighted by Crippen LogP contribution is 2.44. The van der Waals surface area contributed by atoms with Gasteiger partial charge in [0.15, 0.2) is 5.82 Å². The van der Waals surface area contributed by atoms with E-state index < -0.39 is 30.2 Å². The van der Waals surface area contributed by atoms with Gasteiger partial charge in [-0.05, 0) is 51.0 Å². The van der Waals surface area contributed by atoms with Crippen LogP contribution in [-0.4, -0.2) is 28.4 Å². The fraction of sp³-hybridized carbons (Fsp3) is 0.292. The molecule has 4 rings (SSSR count). The van der Waals surface area contributed by atoms with Crippen molar-refractivity contribution in [1.82, 2.24) is 9.55 Å². The second kappa shape index (κ2) is 8.35. The zero-order valence-electron chi connectivity index (χ0n) is 18.0. The molecule has 3 aromatic rings. The molecule has 0 aliphatic heterocycles. The maximum absolute atomic E-state index is 15.5. The molecule has 0 radical (unpaired) electrons. The zero-order valence-corrected chi connectivity index (χ0v) is 18.0. The maximum atomic E-state index is 15.5. The van der Waals surface area contributed by atoms with Crippen molar-refractivity contribution >= 4 is 28.2 Å². The highest BCUT2D eigenvalue weighted by molar-refractivity contribution is 5.97. The van der Waals surface area contributed by atoms with Crippen LogP contribution in [0.1, 0.15) is 32.3 Å². The number of benzene rings is 2. The summed E-state index contributed by atoms with van der Waals surface area (Å²) in [6.45, 7) is 2.38. The predicted octanol–water partition coefficient (Wildman–Crippen LogP) is 5.19. The van der Waals surface area contributed by atoms with Crippen molar-refractivity contribution in [3.8, 4) is 11.8 Å². The van der Waals surface area contributed by atoms with E-state index in [9.17, 15) is 13.2 Å². The first-order chi connectivity index (χ1) is 15.6. The molecule has 0 unspecified atom stereocenters. The van der Waals surface area contributed by atoms with Gasteiger partial charge in [0.2, 0.25) is 5.62 Å². The molecule has 9 heteroatoms. The van der Waals surface area contributed by atoms with Gasteiger partial charge in [-0.2, -0.15) is 4.98 Å². The molecule has 1 aliphatic carbocycles. The summed E-state index contributed by atoms with van der Waals surface area (Å²) in [5.41, 5.74) is -0.743. The first-order valence-corrected chi connectivity index (χ1v) is 10.3. The van der Waals surface area contributed by atoms with Crippen LogP contribution in [0.4, 0.5) is 29.1 Å². The summed E-state index contributed by atoms with van der Waals surface area (Å²) < 4.78 is 58.7. The Hall–Kier alpha value is -3.67. The van der Waals surface area contributed by atoms with E-state index in [0.717, 1.165) is 28.4 Å². The van der Waals surface area contributed by atoms with Crippen LogP contribution in [0.2, 0.25) is 0 Å². The molecule has 1 saturated carbocycles. The molecule has 0 atom stereocenters. The van der Waals surface area contributed by atoms with Crippen LogP contribution in [0.25, 0.3) is 10.9 Å². The van der Waals surface area contributed by atoms with Crippen molar-refractivity contribution in [2.24, 2.45) is 5.41 Å². The molecule has 0 amide bonds. The Morgan fingerprint density at radius 2 is 1.91 bits per heavy atom. The number of aromatic nitrogens is 2. The molecular formula is C24H21F4N5. The van der Waals surface area contributed by atoms with Gasteiger partial charge in [0.1, 0.15) is 17.5 Å². The fourth-order valence-electron chi connectivity index (χ4n) is 3.57. The minimum Gasteiger partial charge on any atom is -0.317 e. The minimum atomic E-state index is -2.90. The van der Waals surface area contributed by atoms with Gasteiger partial charge in [0, 0.05) is 5.41 Å². The molecule has 0 saturated heterocycles. The smallest absolute Gasteiger partial charge is 0.256 e. The molecule has 170 valence electrons. The molecule has 0 bridgehead atoms. The Bertz CT molecular complexity index is 1380. The Labute approximate surface area is 187 Å². The molecule has 2 N–H and O–H groups in total. The normalized spacial score (nSPS) is 14.2. The first-order valence-electron chi connectivity index (χ1n) is 10.3. The fourth-order valence-corrected chi connectivity index (χ4v) is 3.57. The number of nitrogens with zero attached hydrogens (tertiary/aromatic N) is 3. The monoisotopic (exact) mass is 455 g/mol. The van der Waals surface area contributed by atoms with E-state index in [4.69, 9.17) is 10.8 Å². The SMILES string of the molecule is CC(=N)n1c(=N)nc(N(CC(F)F)c2cccc(C#CC3(C)CC3)c2F)c2c(F)cccc21. The summed E-state index contributed by atoms with van der Waals surface area (Å²) in [6, 6.07) is 8.19. The molecular weight excluding hydrogens is 434 g/mol. The second-order valence-corrected chi connectivity index (χ2v) is 8.26. The second-order valence-electron chi connectivity index (χ2n) is 8.26. The lowest BCUT2D eigenvalue weighted by molar-refractivity contribution is 0.157. The quantitative estimate of drug-likeness (QED) is 0.246. The molecule has 1 fully saturated rings. The van der Waals surface area contributed by atoms with E-state index >= 15 is 4.39 Å². The van der Waals surface area contributed by atoms with E-state index in [0.29, 0.717) is 0 Å². The number of rotatable bonds is 4. The Morgan fingerprint density at radius 1 is 1.21 bits per heavy atom. The van der Waals surface area contributed by atoms with Gasteiger partial charge >= 0.3 is 0 Å². The minimum absolute atomic E-state index is 0.0390. The van der Waals surface area contributed by atoms with Gasteiger partial charge in [-0.25, -0.2) is 17.6 Å². The average Bonchev–Trinajstić information content (AvgIpc) is 3.48. The number of hydrogen-bond donors (Lipinski definition) is 2. The van der Waals surface area contributed by atoms with Gasteiger partial charge in [-0.3, -0.25) is 15.4 Å². The van der Waals surface area contributed by atoms with Crippen molar-refractivity contribution in [2.45, 2.75) is 33.1 Å². The summed E-state index contributed by atoms with van der Waals surface area (Å²) >= 11 is 0. The molecule has 1 heterocycles. The van der Waals surface area contributed by atoms with E-state index in [1.807, 2.05) is 6.92 Å². The third kappa shape index (κ3) is 4.33. The summed E-state index contributed by atoms with van der Waals surface area (Å²) in [6.07, 6.45) is -1.08. The average molecular weight is 455 g/mol. The van der Waals surface area contributed by atoms with E-state index in [2.05, 4.69) is 16.8 Å². The number of halogens is 4. The standard InChI is InChI=1S/C24H21F4N5/c1-14(29)33-17-7-4-6-16(25)20(17)22(31-23(33)30)32(13-19(26)27)18-8-3-5-15(21(18)28)9-10-24(2)11-12-24/h3-8,19,29-30H,11-13H2,1-2H3. The topological polar surface area (TPSA) is 68.8 Å². The van der Waals surface area contributed by atoms with Crippen LogP contribution in [0.15, 0.2) is 36.4 Å². The Morgan fingerprint density at radius 3 is 2.55 bits per heavy atom. The van der Waals surface area contributed by atoms with Crippen LogP contribution < -0.4 is 10.5 Å².